The van der Waals surface area contributed by atoms with Crippen molar-refractivity contribution in [1.82, 2.24) is 4.98 Å². The third-order valence-electron chi connectivity index (χ3n) is 3.44. The van der Waals surface area contributed by atoms with Crippen molar-refractivity contribution in [3.8, 4) is 0 Å². The zero-order valence-electron chi connectivity index (χ0n) is 10.5. The van der Waals surface area contributed by atoms with Crippen LogP contribution in [0.2, 0.25) is 0 Å². The van der Waals surface area contributed by atoms with Crippen LogP contribution in [0, 0.1) is 5.41 Å². The Morgan fingerprint density at radius 1 is 1.50 bits per heavy atom. The molecule has 0 saturated carbocycles. The summed E-state index contributed by atoms with van der Waals surface area (Å²) in [6.07, 6.45) is 6.09. The van der Waals surface area contributed by atoms with Gasteiger partial charge in [0.25, 0.3) is 0 Å². The van der Waals surface area contributed by atoms with Crippen LogP contribution in [-0.2, 0) is 0 Å². The number of hydrogen-bond acceptors (Lipinski definition) is 4. The second kappa shape index (κ2) is 5.82. The molecular formula is C13H20N4O. The van der Waals surface area contributed by atoms with E-state index < -0.39 is 0 Å². The number of aliphatic hydroxyl groups excluding tert-OH is 1. The molecule has 1 aromatic rings. The maximum Gasteiger partial charge on any atom is 0.141 e. The number of nitrogen functional groups attached to an aromatic ring is 1. The number of piperidine rings is 1. The average Bonchev–Trinajstić information content (AvgIpc) is 2.40. The van der Waals surface area contributed by atoms with E-state index in [1.807, 2.05) is 6.07 Å². The maximum absolute atomic E-state index is 9.11. The number of amidine groups is 1. The summed E-state index contributed by atoms with van der Waals surface area (Å²) in [7, 11) is 0. The number of aliphatic hydroxyl groups is 1. The first kappa shape index (κ1) is 12.8. The fraction of sp³-hybridized carbons (Fsp3) is 0.538. The van der Waals surface area contributed by atoms with Gasteiger partial charge in [-0.2, -0.15) is 0 Å². The second-order valence-electron chi connectivity index (χ2n) is 4.67. The van der Waals surface area contributed by atoms with Crippen molar-refractivity contribution in [2.75, 3.05) is 18.1 Å². The fourth-order valence-corrected chi connectivity index (χ4v) is 2.50. The molecule has 4 N–H and O–H groups in total. The van der Waals surface area contributed by atoms with E-state index >= 15 is 0 Å². The Labute approximate surface area is 107 Å². The number of anilines is 1. The molecule has 0 radical (unpaired) electrons. The molecule has 1 fully saturated rings. The van der Waals surface area contributed by atoms with Gasteiger partial charge in [0.15, 0.2) is 0 Å². The highest BCUT2D eigenvalue weighted by molar-refractivity contribution is 5.93. The molecule has 0 aromatic carbocycles. The van der Waals surface area contributed by atoms with Crippen LogP contribution in [0.4, 0.5) is 5.69 Å². The van der Waals surface area contributed by atoms with Crippen molar-refractivity contribution in [2.24, 2.45) is 5.73 Å². The van der Waals surface area contributed by atoms with E-state index in [9.17, 15) is 0 Å². The first-order valence-corrected chi connectivity index (χ1v) is 6.40. The summed E-state index contributed by atoms with van der Waals surface area (Å²) in [6, 6.07) is 4.13. The zero-order chi connectivity index (χ0) is 13.0. The van der Waals surface area contributed by atoms with E-state index in [-0.39, 0.29) is 12.4 Å². The lowest BCUT2D eigenvalue weighted by molar-refractivity contribution is 0.262. The Hall–Kier alpha value is -1.62. The largest absolute Gasteiger partial charge is 0.396 e. The van der Waals surface area contributed by atoms with Crippen molar-refractivity contribution < 1.29 is 5.11 Å². The first-order valence-electron chi connectivity index (χ1n) is 6.40. The summed E-state index contributed by atoms with van der Waals surface area (Å²) in [6.45, 7) is 1.23. The lowest BCUT2D eigenvalue weighted by Crippen LogP contribution is -2.40. The van der Waals surface area contributed by atoms with Crippen LogP contribution in [-0.4, -0.2) is 35.1 Å². The third kappa shape index (κ3) is 2.79. The van der Waals surface area contributed by atoms with Crippen LogP contribution >= 0.6 is 0 Å². The molecule has 0 spiro atoms. The van der Waals surface area contributed by atoms with Gasteiger partial charge in [0, 0.05) is 19.2 Å². The number of hydrogen-bond donors (Lipinski definition) is 3. The molecule has 0 amide bonds. The number of nitrogens with zero attached hydrogens (tertiary/aromatic N) is 2. The van der Waals surface area contributed by atoms with Gasteiger partial charge in [-0.05, 0) is 37.8 Å². The standard InChI is InChI=1S/C13H20N4O/c14-13(15)12-5-4-11(9-16-12)17-7-2-1-3-10(17)6-8-18/h4-5,9-10,18H,1-3,6-8H2,(H3,14,15). The van der Waals surface area contributed by atoms with Crippen LogP contribution in [0.25, 0.3) is 0 Å². The Balaban J connectivity index is 2.15. The smallest absolute Gasteiger partial charge is 0.141 e. The summed E-state index contributed by atoms with van der Waals surface area (Å²) in [5, 5.41) is 16.4. The molecule has 2 rings (SSSR count). The highest BCUT2D eigenvalue weighted by atomic mass is 16.3. The lowest BCUT2D eigenvalue weighted by atomic mass is 9.99. The van der Waals surface area contributed by atoms with E-state index in [0.29, 0.717) is 11.7 Å². The minimum atomic E-state index is -0.00731. The number of nitrogens with one attached hydrogen (secondary N) is 1. The fourth-order valence-electron chi connectivity index (χ4n) is 2.50. The molecule has 18 heavy (non-hydrogen) atoms. The molecule has 1 aromatic heterocycles. The molecule has 1 aliphatic heterocycles. The van der Waals surface area contributed by atoms with Gasteiger partial charge in [0.2, 0.25) is 0 Å². The number of aromatic nitrogens is 1. The van der Waals surface area contributed by atoms with Gasteiger partial charge in [-0.15, -0.1) is 0 Å². The van der Waals surface area contributed by atoms with Gasteiger partial charge in [-0.3, -0.25) is 10.4 Å². The van der Waals surface area contributed by atoms with Crippen LogP contribution in [0.15, 0.2) is 18.3 Å². The van der Waals surface area contributed by atoms with Crippen molar-refractivity contribution >= 4 is 11.5 Å². The number of rotatable bonds is 4. The summed E-state index contributed by atoms with van der Waals surface area (Å²) in [5.74, 6) is -0.00731. The van der Waals surface area contributed by atoms with Crippen LogP contribution in [0.5, 0.6) is 0 Å². The molecule has 2 heterocycles. The van der Waals surface area contributed by atoms with Gasteiger partial charge < -0.3 is 15.7 Å². The van der Waals surface area contributed by atoms with Crippen molar-refractivity contribution in [3.63, 3.8) is 0 Å². The van der Waals surface area contributed by atoms with E-state index in [2.05, 4.69) is 9.88 Å². The van der Waals surface area contributed by atoms with Crippen LogP contribution in [0.1, 0.15) is 31.4 Å². The Morgan fingerprint density at radius 2 is 2.33 bits per heavy atom. The van der Waals surface area contributed by atoms with Gasteiger partial charge >= 0.3 is 0 Å². The molecule has 1 atom stereocenters. The topological polar surface area (TPSA) is 86.2 Å². The highest BCUT2D eigenvalue weighted by Gasteiger charge is 2.22. The minimum absolute atomic E-state index is 0.00731. The van der Waals surface area contributed by atoms with Crippen LogP contribution < -0.4 is 10.6 Å². The Kier molecular flexibility index (Phi) is 4.15. The minimum Gasteiger partial charge on any atom is -0.396 e. The number of pyridine rings is 1. The quantitative estimate of drug-likeness (QED) is 0.550. The lowest BCUT2D eigenvalue weighted by Gasteiger charge is -2.37. The van der Waals surface area contributed by atoms with Gasteiger partial charge in [-0.1, -0.05) is 0 Å². The predicted octanol–water partition coefficient (Wildman–Crippen LogP) is 1.11. The van der Waals surface area contributed by atoms with Crippen LogP contribution in [0.3, 0.4) is 0 Å². The van der Waals surface area contributed by atoms with Crippen molar-refractivity contribution in [3.05, 3.63) is 24.0 Å². The molecule has 5 heteroatoms. The Morgan fingerprint density at radius 3 is 2.94 bits per heavy atom. The van der Waals surface area contributed by atoms with Crippen molar-refractivity contribution in [1.29, 1.82) is 5.41 Å². The predicted molar refractivity (Wildman–Crippen MR) is 71.9 cm³/mol. The highest BCUT2D eigenvalue weighted by Crippen LogP contribution is 2.25. The number of nitrogens with two attached hydrogens (primary N) is 1. The van der Waals surface area contributed by atoms with E-state index in [1.54, 1.807) is 12.3 Å². The molecule has 1 unspecified atom stereocenters. The molecule has 1 saturated heterocycles. The summed E-state index contributed by atoms with van der Waals surface area (Å²) in [5.41, 5.74) is 6.95. The summed E-state index contributed by atoms with van der Waals surface area (Å²) < 4.78 is 0. The zero-order valence-corrected chi connectivity index (χ0v) is 10.5. The molecule has 0 aliphatic carbocycles. The molecule has 98 valence electrons. The van der Waals surface area contributed by atoms with E-state index in [4.69, 9.17) is 16.2 Å². The molecule has 1 aliphatic rings. The average molecular weight is 248 g/mol. The summed E-state index contributed by atoms with van der Waals surface area (Å²) in [4.78, 5) is 6.50. The first-order chi connectivity index (χ1) is 8.72. The molecule has 5 nitrogen and oxygen atoms in total. The van der Waals surface area contributed by atoms with Crippen molar-refractivity contribution in [2.45, 2.75) is 31.7 Å². The van der Waals surface area contributed by atoms with Gasteiger partial charge in [-0.25, -0.2) is 0 Å². The monoisotopic (exact) mass is 248 g/mol. The molecular weight excluding hydrogens is 228 g/mol. The van der Waals surface area contributed by atoms with Gasteiger partial charge in [0.05, 0.1) is 11.9 Å². The normalized spacial score (nSPS) is 19.8. The Bertz CT molecular complexity index is 402. The molecule has 0 bridgehead atoms. The van der Waals surface area contributed by atoms with E-state index in [0.717, 1.165) is 25.1 Å². The SMILES string of the molecule is N=C(N)c1ccc(N2CCCCC2CCO)cn1. The summed E-state index contributed by atoms with van der Waals surface area (Å²) >= 11 is 0. The second-order valence-corrected chi connectivity index (χ2v) is 4.67. The van der Waals surface area contributed by atoms with Gasteiger partial charge in [0.1, 0.15) is 11.5 Å². The third-order valence-corrected chi connectivity index (χ3v) is 3.44. The van der Waals surface area contributed by atoms with E-state index in [1.165, 1.54) is 12.8 Å². The maximum atomic E-state index is 9.11.